The Kier molecular flexibility index (Phi) is 4.14. The van der Waals surface area contributed by atoms with Gasteiger partial charge in [0, 0.05) is 28.8 Å². The zero-order chi connectivity index (χ0) is 17.4. The number of pyridine rings is 1. The van der Waals surface area contributed by atoms with Crippen molar-refractivity contribution in [1.82, 2.24) is 10.3 Å². The molecule has 2 aromatic carbocycles. The van der Waals surface area contributed by atoms with E-state index in [1.54, 1.807) is 0 Å². The number of benzene rings is 2. The number of nitrogens with one attached hydrogen (secondary N) is 2. The van der Waals surface area contributed by atoms with Gasteiger partial charge in [-0.3, -0.25) is 4.98 Å². The molecule has 0 amide bonds. The molecule has 1 aliphatic rings. The number of fused-ring (bicyclic) bond motifs is 1. The lowest BCUT2D eigenvalue weighted by molar-refractivity contribution is 0.539. The second-order valence-electron chi connectivity index (χ2n) is 6.91. The van der Waals surface area contributed by atoms with Gasteiger partial charge in [0.25, 0.3) is 0 Å². The lowest BCUT2D eigenvalue weighted by Crippen LogP contribution is -2.38. The first kappa shape index (κ1) is 16.4. The minimum absolute atomic E-state index is 0.146. The van der Waals surface area contributed by atoms with Crippen molar-refractivity contribution in [2.24, 2.45) is 0 Å². The number of rotatable bonds is 3. The van der Waals surface area contributed by atoms with Crippen molar-refractivity contribution in [3.8, 4) is 0 Å². The van der Waals surface area contributed by atoms with Crippen molar-refractivity contribution in [1.29, 1.82) is 0 Å². The number of aryl methyl sites for hydroxylation is 1. The van der Waals surface area contributed by atoms with E-state index < -0.39 is 0 Å². The molecular formula is C21H22ClN3. The zero-order valence-corrected chi connectivity index (χ0v) is 15.3. The van der Waals surface area contributed by atoms with Crippen molar-refractivity contribution in [2.45, 2.75) is 25.8 Å². The van der Waals surface area contributed by atoms with Gasteiger partial charge < -0.3 is 10.6 Å². The topological polar surface area (TPSA) is 37.0 Å². The number of hydrogen-bond acceptors (Lipinski definition) is 3. The quantitative estimate of drug-likeness (QED) is 0.711. The molecule has 1 fully saturated rings. The molecule has 4 rings (SSSR count). The molecule has 4 heteroatoms. The maximum absolute atomic E-state index is 6.39. The number of hydrogen-bond donors (Lipinski definition) is 2. The lowest BCUT2D eigenvalue weighted by atomic mass is 9.85. The van der Waals surface area contributed by atoms with Crippen LogP contribution in [-0.4, -0.2) is 18.1 Å². The molecule has 1 saturated heterocycles. The molecule has 0 unspecified atom stereocenters. The van der Waals surface area contributed by atoms with E-state index in [0.717, 1.165) is 41.3 Å². The summed E-state index contributed by atoms with van der Waals surface area (Å²) < 4.78 is 0. The van der Waals surface area contributed by atoms with Crippen LogP contribution in [0.25, 0.3) is 10.9 Å². The van der Waals surface area contributed by atoms with Crippen LogP contribution >= 0.6 is 11.6 Å². The summed E-state index contributed by atoms with van der Waals surface area (Å²) in [7, 11) is 0. The van der Waals surface area contributed by atoms with Gasteiger partial charge >= 0.3 is 0 Å². The molecule has 1 aromatic heterocycles. The van der Waals surface area contributed by atoms with Gasteiger partial charge in [0.05, 0.1) is 11.1 Å². The van der Waals surface area contributed by atoms with Gasteiger partial charge in [0.1, 0.15) is 0 Å². The summed E-state index contributed by atoms with van der Waals surface area (Å²) in [5.74, 6) is 0. The maximum Gasteiger partial charge on any atom is 0.0764 e. The molecule has 2 N–H and O–H groups in total. The molecular weight excluding hydrogens is 330 g/mol. The van der Waals surface area contributed by atoms with E-state index in [2.05, 4.69) is 53.7 Å². The Labute approximate surface area is 153 Å². The van der Waals surface area contributed by atoms with Gasteiger partial charge in [0.15, 0.2) is 0 Å². The van der Waals surface area contributed by atoms with E-state index in [1.165, 1.54) is 16.5 Å². The highest BCUT2D eigenvalue weighted by Gasteiger charge is 2.37. The Morgan fingerprint density at radius 2 is 2.04 bits per heavy atom. The molecule has 1 atom stereocenters. The summed E-state index contributed by atoms with van der Waals surface area (Å²) in [4.78, 5) is 4.53. The normalized spacial score (nSPS) is 20.1. The van der Waals surface area contributed by atoms with Crippen molar-refractivity contribution >= 4 is 28.2 Å². The third kappa shape index (κ3) is 2.88. The van der Waals surface area contributed by atoms with Crippen LogP contribution in [0.3, 0.4) is 0 Å². The number of anilines is 1. The summed E-state index contributed by atoms with van der Waals surface area (Å²) in [5.41, 5.74) is 5.63. The third-order valence-corrected chi connectivity index (χ3v) is 5.69. The lowest BCUT2D eigenvalue weighted by Gasteiger charge is -2.33. The summed E-state index contributed by atoms with van der Waals surface area (Å²) in [6.07, 6.45) is 2.89. The van der Waals surface area contributed by atoms with Crippen molar-refractivity contribution in [3.63, 3.8) is 0 Å². The SMILES string of the molecule is Cc1c(Cl)cccc1[C@]1(Nc2ccc3c(C)ccnc3c2)CCNC1. The maximum atomic E-state index is 6.39. The van der Waals surface area contributed by atoms with Gasteiger partial charge in [0.2, 0.25) is 0 Å². The van der Waals surface area contributed by atoms with Crippen LogP contribution in [-0.2, 0) is 5.54 Å². The van der Waals surface area contributed by atoms with E-state index >= 15 is 0 Å². The first-order valence-corrected chi connectivity index (χ1v) is 9.07. The molecule has 3 aromatic rings. The molecule has 0 bridgehead atoms. The van der Waals surface area contributed by atoms with E-state index in [1.807, 2.05) is 24.4 Å². The van der Waals surface area contributed by atoms with Crippen LogP contribution in [0, 0.1) is 13.8 Å². The zero-order valence-electron chi connectivity index (χ0n) is 14.6. The van der Waals surface area contributed by atoms with Crippen molar-refractivity contribution < 1.29 is 0 Å². The van der Waals surface area contributed by atoms with Crippen molar-refractivity contribution in [3.05, 3.63) is 70.4 Å². The van der Waals surface area contributed by atoms with Crippen LogP contribution in [0.1, 0.15) is 23.1 Å². The highest BCUT2D eigenvalue weighted by atomic mass is 35.5. The monoisotopic (exact) mass is 351 g/mol. The Morgan fingerprint density at radius 1 is 1.16 bits per heavy atom. The fourth-order valence-corrected chi connectivity index (χ4v) is 4.04. The van der Waals surface area contributed by atoms with Gasteiger partial charge in [-0.05, 0) is 67.8 Å². The second kappa shape index (κ2) is 6.32. The molecule has 25 heavy (non-hydrogen) atoms. The Hall–Kier alpha value is -2.10. The first-order valence-electron chi connectivity index (χ1n) is 8.69. The number of aromatic nitrogens is 1. The smallest absolute Gasteiger partial charge is 0.0764 e. The highest BCUT2D eigenvalue weighted by Crippen LogP contribution is 2.36. The largest absolute Gasteiger partial charge is 0.374 e. The fraction of sp³-hybridized carbons (Fsp3) is 0.286. The minimum atomic E-state index is -0.146. The van der Waals surface area contributed by atoms with Gasteiger partial charge in [-0.2, -0.15) is 0 Å². The van der Waals surface area contributed by atoms with E-state index in [9.17, 15) is 0 Å². The molecule has 0 saturated carbocycles. The van der Waals surface area contributed by atoms with Crippen molar-refractivity contribution in [2.75, 3.05) is 18.4 Å². The molecule has 128 valence electrons. The Bertz CT molecular complexity index is 930. The minimum Gasteiger partial charge on any atom is -0.374 e. The number of nitrogens with zero attached hydrogens (tertiary/aromatic N) is 1. The Morgan fingerprint density at radius 3 is 2.84 bits per heavy atom. The van der Waals surface area contributed by atoms with E-state index in [4.69, 9.17) is 11.6 Å². The third-order valence-electron chi connectivity index (χ3n) is 5.28. The summed E-state index contributed by atoms with van der Waals surface area (Å²) >= 11 is 6.39. The van der Waals surface area contributed by atoms with Crippen LogP contribution in [0.5, 0.6) is 0 Å². The van der Waals surface area contributed by atoms with E-state index in [-0.39, 0.29) is 5.54 Å². The molecule has 2 heterocycles. The predicted octanol–water partition coefficient (Wildman–Crippen LogP) is 4.81. The first-order chi connectivity index (χ1) is 12.1. The molecule has 0 aliphatic carbocycles. The average molecular weight is 352 g/mol. The Balaban J connectivity index is 1.77. The predicted molar refractivity (Wildman–Crippen MR) is 105 cm³/mol. The van der Waals surface area contributed by atoms with E-state index in [0.29, 0.717) is 0 Å². The summed E-state index contributed by atoms with van der Waals surface area (Å²) in [6, 6.07) is 14.7. The highest BCUT2D eigenvalue weighted by molar-refractivity contribution is 6.31. The van der Waals surface area contributed by atoms with Crippen LogP contribution in [0.15, 0.2) is 48.7 Å². The molecule has 0 spiro atoms. The van der Waals surface area contributed by atoms with Gasteiger partial charge in [-0.15, -0.1) is 0 Å². The molecule has 1 aliphatic heterocycles. The summed E-state index contributed by atoms with van der Waals surface area (Å²) in [6.45, 7) is 6.09. The van der Waals surface area contributed by atoms with Gasteiger partial charge in [-0.25, -0.2) is 0 Å². The standard InChI is InChI=1S/C21H22ClN3/c1-14-8-10-24-20-12-16(6-7-17(14)20)25-21(9-11-23-13-21)18-4-3-5-19(22)15(18)2/h3-8,10,12,23,25H,9,11,13H2,1-2H3/t21-/m0/s1. The number of halogens is 1. The second-order valence-corrected chi connectivity index (χ2v) is 7.31. The van der Waals surface area contributed by atoms with Gasteiger partial charge in [-0.1, -0.05) is 29.8 Å². The van der Waals surface area contributed by atoms with Crippen LogP contribution < -0.4 is 10.6 Å². The fourth-order valence-electron chi connectivity index (χ4n) is 3.87. The average Bonchev–Trinajstić information content (AvgIpc) is 3.07. The van der Waals surface area contributed by atoms with Crippen LogP contribution in [0.2, 0.25) is 5.02 Å². The molecule has 3 nitrogen and oxygen atoms in total. The van der Waals surface area contributed by atoms with Crippen LogP contribution in [0.4, 0.5) is 5.69 Å². The molecule has 0 radical (unpaired) electrons. The summed E-state index contributed by atoms with van der Waals surface area (Å²) in [5, 5.41) is 9.31.